The third-order valence-corrected chi connectivity index (χ3v) is 8.61. The largest absolute Gasteiger partial charge is 0.327 e. The molecule has 1 fully saturated rings. The summed E-state index contributed by atoms with van der Waals surface area (Å²) in [6, 6.07) is 23.0. The maximum atomic E-state index is 14.1. The number of benzene rings is 3. The van der Waals surface area contributed by atoms with Crippen LogP contribution in [0.5, 0.6) is 0 Å². The van der Waals surface area contributed by atoms with Crippen LogP contribution in [0.25, 0.3) is 0 Å². The van der Waals surface area contributed by atoms with E-state index < -0.39 is 22.0 Å². The molecule has 2 atom stereocenters. The molecule has 0 radical (unpaired) electrons. The summed E-state index contributed by atoms with van der Waals surface area (Å²) >= 11 is 6.20. The molecule has 3 aromatic carbocycles. The Hall–Kier alpha value is -3.24. The zero-order valence-electron chi connectivity index (χ0n) is 22.1. The Morgan fingerprint density at radius 1 is 0.950 bits per heavy atom. The number of hydroxylamine groups is 1. The Labute approximate surface area is 239 Å². The van der Waals surface area contributed by atoms with Crippen LogP contribution in [0.1, 0.15) is 64.7 Å². The highest BCUT2D eigenvalue weighted by Crippen LogP contribution is 2.46. The molecule has 3 aromatic rings. The van der Waals surface area contributed by atoms with Crippen LogP contribution in [0.4, 0.5) is 0 Å². The van der Waals surface area contributed by atoms with Crippen LogP contribution < -0.4 is 10.2 Å². The minimum Gasteiger partial charge on any atom is -0.327 e. The van der Waals surface area contributed by atoms with Gasteiger partial charge in [-0.3, -0.25) is 14.4 Å². The molecule has 2 N–H and O–H groups in total. The topological polar surface area (TPSA) is 105 Å². The lowest BCUT2D eigenvalue weighted by Crippen LogP contribution is -2.53. The molecule has 8 nitrogen and oxygen atoms in total. The minimum absolute atomic E-state index is 0.149. The molecule has 1 aliphatic carbocycles. The zero-order valence-corrected chi connectivity index (χ0v) is 23.7. The molecule has 10 heteroatoms. The second-order valence-corrected chi connectivity index (χ2v) is 12.6. The third-order valence-electron chi connectivity index (χ3n) is 7.60. The van der Waals surface area contributed by atoms with Crippen molar-refractivity contribution in [1.82, 2.24) is 15.1 Å². The molecule has 0 aromatic heterocycles. The SMILES string of the molecule is CS(=O)(=O)NC1CCC(N2C(=O)c3ccccc3[C@@H](C(=O)NOCc3ccccc3)[C@@H]2c2ccc(Cl)cc2)CC1. The maximum absolute atomic E-state index is 14.1. The summed E-state index contributed by atoms with van der Waals surface area (Å²) < 4.78 is 26.3. The molecule has 1 saturated carbocycles. The molecule has 0 unspecified atom stereocenters. The van der Waals surface area contributed by atoms with E-state index in [1.807, 2.05) is 59.5 Å². The van der Waals surface area contributed by atoms with Crippen molar-refractivity contribution in [3.8, 4) is 0 Å². The van der Waals surface area contributed by atoms with Crippen LogP contribution in [-0.2, 0) is 26.3 Å². The molecule has 210 valence electrons. The van der Waals surface area contributed by atoms with Crippen molar-refractivity contribution in [2.75, 3.05) is 6.26 Å². The number of carbonyl (C=O) groups excluding carboxylic acids is 2. The number of hydrogen-bond donors (Lipinski definition) is 2. The van der Waals surface area contributed by atoms with Crippen molar-refractivity contribution in [2.45, 2.75) is 56.3 Å². The van der Waals surface area contributed by atoms with Crippen LogP contribution in [-0.4, -0.2) is 43.5 Å². The molecule has 1 heterocycles. The van der Waals surface area contributed by atoms with E-state index in [2.05, 4.69) is 10.2 Å². The predicted molar refractivity (Wildman–Crippen MR) is 153 cm³/mol. The van der Waals surface area contributed by atoms with Gasteiger partial charge in [-0.2, -0.15) is 0 Å². The summed E-state index contributed by atoms with van der Waals surface area (Å²) in [5, 5.41) is 0.553. The van der Waals surface area contributed by atoms with E-state index in [1.165, 1.54) is 0 Å². The van der Waals surface area contributed by atoms with Gasteiger partial charge in [0.25, 0.3) is 11.8 Å². The van der Waals surface area contributed by atoms with Gasteiger partial charge in [0, 0.05) is 22.7 Å². The van der Waals surface area contributed by atoms with Gasteiger partial charge in [0.1, 0.15) is 0 Å². The number of halogens is 1. The van der Waals surface area contributed by atoms with Gasteiger partial charge >= 0.3 is 0 Å². The standard InChI is InChI=1S/C30H32ClN3O5S/c1-40(37,38)33-23-15-17-24(18-16-23)34-28(21-11-13-22(31)14-12-21)27(25-9-5-6-10-26(25)30(34)36)29(35)32-39-19-20-7-3-2-4-8-20/h2-14,23-24,27-28,33H,15-19H2,1H3,(H,32,35)/t23?,24?,27-,28+/m1/s1. The van der Waals surface area contributed by atoms with Gasteiger partial charge in [-0.05, 0) is 60.6 Å². The number of rotatable bonds is 8. The summed E-state index contributed by atoms with van der Waals surface area (Å²) in [6.45, 7) is 0.201. The Bertz CT molecular complexity index is 1460. The van der Waals surface area contributed by atoms with E-state index in [9.17, 15) is 18.0 Å². The highest BCUT2D eigenvalue weighted by atomic mass is 35.5. The van der Waals surface area contributed by atoms with Gasteiger partial charge in [0.05, 0.1) is 24.8 Å². The average Bonchev–Trinajstić information content (AvgIpc) is 2.94. The fourth-order valence-electron chi connectivity index (χ4n) is 5.85. The van der Waals surface area contributed by atoms with Gasteiger partial charge in [-0.1, -0.05) is 72.3 Å². The molecule has 0 saturated heterocycles. The summed E-state index contributed by atoms with van der Waals surface area (Å²) in [7, 11) is -3.33. The highest BCUT2D eigenvalue weighted by molar-refractivity contribution is 7.88. The second kappa shape index (κ2) is 12.1. The molecule has 5 rings (SSSR count). The normalized spacial score (nSPS) is 22.9. The third kappa shape index (κ3) is 6.39. The fraction of sp³-hybridized carbons (Fsp3) is 0.333. The van der Waals surface area contributed by atoms with Crippen molar-refractivity contribution in [1.29, 1.82) is 0 Å². The first kappa shape index (κ1) is 28.3. The number of nitrogens with zero attached hydrogens (tertiary/aromatic N) is 1. The van der Waals surface area contributed by atoms with Gasteiger partial charge < -0.3 is 4.90 Å². The lowest BCUT2D eigenvalue weighted by atomic mass is 9.77. The van der Waals surface area contributed by atoms with Gasteiger partial charge in [0.15, 0.2) is 0 Å². The highest BCUT2D eigenvalue weighted by Gasteiger charge is 2.47. The Balaban J connectivity index is 1.48. The van der Waals surface area contributed by atoms with Crippen molar-refractivity contribution < 1.29 is 22.8 Å². The van der Waals surface area contributed by atoms with Crippen LogP contribution in [0.3, 0.4) is 0 Å². The van der Waals surface area contributed by atoms with Crippen LogP contribution in [0, 0.1) is 0 Å². The lowest BCUT2D eigenvalue weighted by Gasteiger charge is -2.47. The van der Waals surface area contributed by atoms with Gasteiger partial charge in [0.2, 0.25) is 10.0 Å². The van der Waals surface area contributed by atoms with Crippen molar-refractivity contribution in [2.24, 2.45) is 0 Å². The zero-order chi connectivity index (χ0) is 28.3. The number of hydrogen-bond acceptors (Lipinski definition) is 5. The summed E-state index contributed by atoms with van der Waals surface area (Å²) in [4.78, 5) is 35.4. The fourth-order valence-corrected chi connectivity index (χ4v) is 6.82. The number of carbonyl (C=O) groups is 2. The molecule has 1 aliphatic heterocycles. The summed E-state index contributed by atoms with van der Waals surface area (Å²) in [6.07, 6.45) is 3.54. The summed E-state index contributed by atoms with van der Waals surface area (Å²) in [5.41, 5.74) is 5.46. The molecular weight excluding hydrogens is 550 g/mol. The maximum Gasteiger partial charge on any atom is 0.254 e. The molecule has 0 bridgehead atoms. The van der Waals surface area contributed by atoms with Crippen LogP contribution >= 0.6 is 11.6 Å². The quantitative estimate of drug-likeness (QED) is 0.374. The first-order valence-electron chi connectivity index (χ1n) is 13.3. The number of nitrogens with one attached hydrogen (secondary N) is 2. The van der Waals surface area contributed by atoms with Crippen molar-refractivity contribution >= 4 is 33.4 Å². The summed E-state index contributed by atoms with van der Waals surface area (Å²) in [5.74, 6) is -1.24. The average molecular weight is 582 g/mol. The molecule has 40 heavy (non-hydrogen) atoms. The number of sulfonamides is 1. The predicted octanol–water partition coefficient (Wildman–Crippen LogP) is 4.73. The van der Waals surface area contributed by atoms with Gasteiger partial charge in [-0.25, -0.2) is 18.6 Å². The van der Waals surface area contributed by atoms with Crippen LogP contribution in [0.2, 0.25) is 5.02 Å². The lowest BCUT2D eigenvalue weighted by molar-refractivity contribution is -0.138. The van der Waals surface area contributed by atoms with E-state index in [1.54, 1.807) is 24.3 Å². The van der Waals surface area contributed by atoms with Gasteiger partial charge in [-0.15, -0.1) is 0 Å². The van der Waals surface area contributed by atoms with E-state index in [0.29, 0.717) is 41.8 Å². The van der Waals surface area contributed by atoms with Crippen LogP contribution in [0.15, 0.2) is 78.9 Å². The number of fused-ring (bicyclic) bond motifs is 1. The first-order chi connectivity index (χ1) is 19.2. The minimum atomic E-state index is -3.33. The Morgan fingerprint density at radius 3 is 2.27 bits per heavy atom. The molecule has 2 amide bonds. The van der Waals surface area contributed by atoms with E-state index in [4.69, 9.17) is 16.4 Å². The number of amides is 2. The Morgan fingerprint density at radius 2 is 1.60 bits per heavy atom. The van der Waals surface area contributed by atoms with Crippen molar-refractivity contribution in [3.05, 3.63) is 106 Å². The van der Waals surface area contributed by atoms with E-state index >= 15 is 0 Å². The monoisotopic (exact) mass is 581 g/mol. The Kier molecular flexibility index (Phi) is 8.56. The molecule has 2 aliphatic rings. The first-order valence-corrected chi connectivity index (χ1v) is 15.6. The van der Waals surface area contributed by atoms with Crippen molar-refractivity contribution in [3.63, 3.8) is 0 Å². The second-order valence-electron chi connectivity index (χ2n) is 10.4. The molecular formula is C30H32ClN3O5S. The smallest absolute Gasteiger partial charge is 0.254 e. The van der Waals surface area contributed by atoms with E-state index in [-0.39, 0.29) is 30.5 Å². The van der Waals surface area contributed by atoms with E-state index in [0.717, 1.165) is 17.4 Å². The molecule has 0 spiro atoms.